The SMILES string of the molecule is CCOC(=O)c1c[nH+]c2c(C)c(Cl)ccc2c1NC[C@@H](C)O. The van der Waals surface area contributed by atoms with Gasteiger partial charge in [-0.2, -0.15) is 0 Å². The van der Waals surface area contributed by atoms with Crippen LogP contribution in [0.25, 0.3) is 10.9 Å². The van der Waals surface area contributed by atoms with Gasteiger partial charge in [0, 0.05) is 12.1 Å². The van der Waals surface area contributed by atoms with Crippen LogP contribution in [0.4, 0.5) is 5.69 Å². The van der Waals surface area contributed by atoms with Crippen molar-refractivity contribution in [2.24, 2.45) is 0 Å². The highest BCUT2D eigenvalue weighted by Crippen LogP contribution is 2.30. The average Bonchev–Trinajstić information content (AvgIpc) is 2.48. The number of aliphatic hydroxyl groups is 1. The Kier molecular flexibility index (Phi) is 5.21. The van der Waals surface area contributed by atoms with E-state index in [0.717, 1.165) is 16.5 Å². The smallest absolute Gasteiger partial charge is 0.346 e. The number of aromatic nitrogens is 1. The van der Waals surface area contributed by atoms with E-state index in [9.17, 15) is 9.90 Å². The van der Waals surface area contributed by atoms with Gasteiger partial charge < -0.3 is 15.2 Å². The standard InChI is InChI=1S/C16H19ClN2O3/c1-4-22-16(21)12-8-19-14-10(3)13(17)6-5-11(14)15(12)18-7-9(2)20/h5-6,8-9,20H,4,7H2,1-3H3,(H,18,19)/p+1/t9-/m1/s1. The lowest BCUT2D eigenvalue weighted by atomic mass is 10.1. The van der Waals surface area contributed by atoms with Gasteiger partial charge in [0.05, 0.1) is 28.8 Å². The van der Waals surface area contributed by atoms with Crippen LogP contribution in [0.3, 0.4) is 0 Å². The summed E-state index contributed by atoms with van der Waals surface area (Å²) in [6.07, 6.45) is 1.07. The zero-order chi connectivity index (χ0) is 16.3. The fourth-order valence-electron chi connectivity index (χ4n) is 2.25. The molecule has 6 heteroatoms. The number of aromatic amines is 1. The number of hydrogen-bond donors (Lipinski definition) is 2. The van der Waals surface area contributed by atoms with Gasteiger partial charge in [0.15, 0.2) is 6.20 Å². The van der Waals surface area contributed by atoms with Crippen LogP contribution in [0.2, 0.25) is 5.02 Å². The topological polar surface area (TPSA) is 72.7 Å². The van der Waals surface area contributed by atoms with E-state index in [4.69, 9.17) is 16.3 Å². The van der Waals surface area contributed by atoms with E-state index in [2.05, 4.69) is 10.3 Å². The van der Waals surface area contributed by atoms with Crippen LogP contribution in [0.1, 0.15) is 29.8 Å². The molecule has 0 bridgehead atoms. The number of anilines is 1. The molecular formula is C16H20ClN2O3+. The molecule has 0 unspecified atom stereocenters. The highest BCUT2D eigenvalue weighted by atomic mass is 35.5. The first-order chi connectivity index (χ1) is 10.5. The van der Waals surface area contributed by atoms with Crippen molar-refractivity contribution in [3.63, 3.8) is 0 Å². The molecule has 0 spiro atoms. The van der Waals surface area contributed by atoms with Crippen LogP contribution < -0.4 is 10.3 Å². The van der Waals surface area contributed by atoms with Crippen molar-refractivity contribution in [1.82, 2.24) is 0 Å². The Bertz CT molecular complexity index is 701. The minimum absolute atomic E-state index is 0.298. The number of esters is 1. The summed E-state index contributed by atoms with van der Waals surface area (Å²) < 4.78 is 5.09. The van der Waals surface area contributed by atoms with Crippen LogP contribution >= 0.6 is 11.6 Å². The number of aryl methyl sites for hydroxylation is 1. The summed E-state index contributed by atoms with van der Waals surface area (Å²) in [7, 11) is 0. The highest BCUT2D eigenvalue weighted by molar-refractivity contribution is 6.32. The molecule has 0 aliphatic rings. The van der Waals surface area contributed by atoms with Gasteiger partial charge in [0.2, 0.25) is 5.52 Å². The van der Waals surface area contributed by atoms with E-state index in [1.54, 1.807) is 26.1 Å². The predicted molar refractivity (Wildman–Crippen MR) is 86.4 cm³/mol. The molecule has 0 aliphatic heterocycles. The first kappa shape index (κ1) is 16.5. The number of hydrogen-bond acceptors (Lipinski definition) is 4. The number of ether oxygens (including phenoxy) is 1. The van der Waals surface area contributed by atoms with Crippen molar-refractivity contribution in [2.75, 3.05) is 18.5 Å². The van der Waals surface area contributed by atoms with Crippen molar-refractivity contribution in [3.8, 4) is 0 Å². The molecule has 5 nitrogen and oxygen atoms in total. The summed E-state index contributed by atoms with van der Waals surface area (Å²) in [4.78, 5) is 15.2. The number of nitrogens with one attached hydrogen (secondary N) is 2. The number of carbonyl (C=O) groups excluding carboxylic acids is 1. The van der Waals surface area contributed by atoms with Crippen LogP contribution in [0, 0.1) is 6.92 Å². The van der Waals surface area contributed by atoms with Gasteiger partial charge in [-0.05, 0) is 32.9 Å². The second-order valence-corrected chi connectivity index (χ2v) is 5.53. The van der Waals surface area contributed by atoms with Crippen molar-refractivity contribution in [1.29, 1.82) is 0 Å². The van der Waals surface area contributed by atoms with Crippen molar-refractivity contribution < 1.29 is 19.6 Å². The zero-order valence-electron chi connectivity index (χ0n) is 12.9. The lowest BCUT2D eigenvalue weighted by Gasteiger charge is -2.13. The lowest BCUT2D eigenvalue weighted by molar-refractivity contribution is -0.345. The summed E-state index contributed by atoms with van der Waals surface area (Å²) in [5.74, 6) is -0.415. The number of aliphatic hydroxyl groups excluding tert-OH is 1. The van der Waals surface area contributed by atoms with Gasteiger partial charge in [-0.15, -0.1) is 0 Å². The maximum Gasteiger partial charge on any atom is 0.346 e. The number of rotatable bonds is 5. The van der Waals surface area contributed by atoms with E-state index < -0.39 is 12.1 Å². The van der Waals surface area contributed by atoms with E-state index in [1.165, 1.54) is 0 Å². The molecule has 1 atom stereocenters. The number of pyridine rings is 1. The normalized spacial score (nSPS) is 12.2. The third-order valence-corrected chi connectivity index (χ3v) is 3.78. The first-order valence-corrected chi connectivity index (χ1v) is 7.56. The third kappa shape index (κ3) is 3.31. The summed E-state index contributed by atoms with van der Waals surface area (Å²) in [5, 5.41) is 14.1. The van der Waals surface area contributed by atoms with Crippen LogP contribution in [-0.4, -0.2) is 30.3 Å². The number of benzene rings is 1. The largest absolute Gasteiger partial charge is 0.462 e. The minimum Gasteiger partial charge on any atom is -0.462 e. The van der Waals surface area contributed by atoms with Gasteiger partial charge in [-0.25, -0.2) is 9.78 Å². The van der Waals surface area contributed by atoms with Crippen LogP contribution in [0.5, 0.6) is 0 Å². The van der Waals surface area contributed by atoms with Gasteiger partial charge in [-0.1, -0.05) is 11.6 Å². The van der Waals surface area contributed by atoms with Gasteiger partial charge in [0.25, 0.3) is 0 Å². The zero-order valence-corrected chi connectivity index (χ0v) is 13.6. The minimum atomic E-state index is -0.539. The average molecular weight is 324 g/mol. The molecule has 22 heavy (non-hydrogen) atoms. The van der Waals surface area contributed by atoms with Crippen LogP contribution in [0.15, 0.2) is 18.3 Å². The second kappa shape index (κ2) is 6.94. The molecule has 1 aromatic carbocycles. The maximum atomic E-state index is 12.1. The molecule has 0 saturated carbocycles. The molecule has 3 N–H and O–H groups in total. The monoisotopic (exact) mass is 323 g/mol. The van der Waals surface area contributed by atoms with Crippen molar-refractivity contribution >= 4 is 34.2 Å². The Hall–Kier alpha value is -1.85. The Morgan fingerprint density at radius 2 is 2.23 bits per heavy atom. The molecule has 0 radical (unpaired) electrons. The van der Waals surface area contributed by atoms with Crippen molar-refractivity contribution in [2.45, 2.75) is 26.9 Å². The molecule has 2 rings (SSSR count). The van der Waals surface area contributed by atoms with E-state index in [0.29, 0.717) is 29.4 Å². The highest BCUT2D eigenvalue weighted by Gasteiger charge is 2.22. The molecule has 1 aromatic heterocycles. The van der Waals surface area contributed by atoms with E-state index in [-0.39, 0.29) is 0 Å². The van der Waals surface area contributed by atoms with Gasteiger partial charge in [-0.3, -0.25) is 0 Å². The predicted octanol–water partition coefficient (Wildman–Crippen LogP) is 2.59. The van der Waals surface area contributed by atoms with Gasteiger partial charge in [0.1, 0.15) is 5.56 Å². The quantitative estimate of drug-likeness (QED) is 0.830. The summed E-state index contributed by atoms with van der Waals surface area (Å²) in [6, 6.07) is 3.63. The van der Waals surface area contributed by atoms with E-state index in [1.807, 2.05) is 13.0 Å². The summed E-state index contributed by atoms with van der Waals surface area (Å²) in [5.41, 5.74) is 2.77. The molecule has 118 valence electrons. The number of H-pyrrole nitrogens is 1. The van der Waals surface area contributed by atoms with E-state index >= 15 is 0 Å². The molecule has 2 aromatic rings. The Balaban J connectivity index is 2.61. The lowest BCUT2D eigenvalue weighted by Crippen LogP contribution is -2.21. The molecule has 0 aliphatic carbocycles. The van der Waals surface area contributed by atoms with Crippen LogP contribution in [-0.2, 0) is 4.74 Å². The molecule has 0 fully saturated rings. The van der Waals surface area contributed by atoms with Crippen molar-refractivity contribution in [3.05, 3.63) is 34.5 Å². The third-order valence-electron chi connectivity index (χ3n) is 3.37. The molecular weight excluding hydrogens is 304 g/mol. The number of halogens is 1. The van der Waals surface area contributed by atoms with Gasteiger partial charge >= 0.3 is 5.97 Å². The first-order valence-electron chi connectivity index (χ1n) is 7.18. The Morgan fingerprint density at radius 1 is 1.50 bits per heavy atom. The molecule has 0 amide bonds. The Morgan fingerprint density at radius 3 is 2.86 bits per heavy atom. The fourth-order valence-corrected chi connectivity index (χ4v) is 2.41. The fraction of sp³-hybridized carbons (Fsp3) is 0.375. The maximum absolute atomic E-state index is 12.1. The number of carbonyl (C=O) groups is 1. The summed E-state index contributed by atoms with van der Waals surface area (Å²) in [6.45, 7) is 5.97. The second-order valence-electron chi connectivity index (χ2n) is 5.12. The molecule has 1 heterocycles. The summed E-state index contributed by atoms with van der Waals surface area (Å²) >= 11 is 6.15. The number of fused-ring (bicyclic) bond motifs is 1. The molecule has 0 saturated heterocycles. The Labute approximate surface area is 134 Å².